The van der Waals surface area contributed by atoms with Crippen LogP contribution in [0.1, 0.15) is 5.56 Å². The Hall–Kier alpha value is -3.42. The zero-order chi connectivity index (χ0) is 18.0. The molecule has 1 aromatic heterocycles. The molecule has 0 fully saturated rings. The van der Waals surface area contributed by atoms with Crippen molar-refractivity contribution in [1.82, 2.24) is 4.98 Å². The van der Waals surface area contributed by atoms with Crippen LogP contribution < -0.4 is 14.4 Å². The third-order valence-corrected chi connectivity index (χ3v) is 3.62. The third kappa shape index (κ3) is 3.27. The Labute approximate surface area is 143 Å². The van der Waals surface area contributed by atoms with Gasteiger partial charge in [-0.25, -0.2) is 4.98 Å². The second kappa shape index (κ2) is 6.60. The standard InChI is InChI=1S/C17H15N3O5/c1-3-16(21)19-6-7-24-15-9-12(4-5-13(15)19)25-17-14(20(22)23)8-11(2)10-18-17/h3-5,8-10H,1,6-7H2,2H3. The summed E-state index contributed by atoms with van der Waals surface area (Å²) in [5.74, 6) is 0.444. The monoisotopic (exact) mass is 341 g/mol. The van der Waals surface area contributed by atoms with E-state index in [1.165, 1.54) is 18.3 Å². The van der Waals surface area contributed by atoms with Crippen LogP contribution in [0, 0.1) is 17.0 Å². The molecule has 8 nitrogen and oxygen atoms in total. The van der Waals surface area contributed by atoms with Gasteiger partial charge in [0.25, 0.3) is 11.8 Å². The molecule has 8 heteroatoms. The van der Waals surface area contributed by atoms with Crippen molar-refractivity contribution in [2.75, 3.05) is 18.1 Å². The SMILES string of the molecule is C=CC(=O)N1CCOc2cc(Oc3ncc(C)cc3[N+](=O)[O-])ccc21. The number of nitrogens with zero attached hydrogens (tertiary/aromatic N) is 3. The van der Waals surface area contributed by atoms with E-state index < -0.39 is 4.92 Å². The lowest BCUT2D eigenvalue weighted by Gasteiger charge is -2.28. The van der Waals surface area contributed by atoms with Crippen molar-refractivity contribution >= 4 is 17.3 Å². The van der Waals surface area contributed by atoms with Gasteiger partial charge in [0.1, 0.15) is 18.1 Å². The molecule has 0 saturated heterocycles. The molecule has 0 aliphatic carbocycles. The molecule has 0 radical (unpaired) electrons. The summed E-state index contributed by atoms with van der Waals surface area (Å²) in [6, 6.07) is 6.22. The van der Waals surface area contributed by atoms with Gasteiger partial charge >= 0.3 is 5.69 Å². The largest absolute Gasteiger partial charge is 0.489 e. The van der Waals surface area contributed by atoms with Crippen molar-refractivity contribution < 1.29 is 19.2 Å². The average Bonchev–Trinajstić information content (AvgIpc) is 2.61. The number of carbonyl (C=O) groups is 1. The van der Waals surface area contributed by atoms with E-state index in [0.29, 0.717) is 35.9 Å². The molecule has 1 aliphatic rings. The van der Waals surface area contributed by atoms with Crippen molar-refractivity contribution in [2.24, 2.45) is 0 Å². The number of pyridine rings is 1. The quantitative estimate of drug-likeness (QED) is 0.482. The van der Waals surface area contributed by atoms with Crippen molar-refractivity contribution in [3.63, 3.8) is 0 Å². The van der Waals surface area contributed by atoms with Crippen LogP contribution in [0.2, 0.25) is 0 Å². The highest BCUT2D eigenvalue weighted by molar-refractivity contribution is 6.02. The van der Waals surface area contributed by atoms with Gasteiger partial charge in [0.2, 0.25) is 0 Å². The molecular weight excluding hydrogens is 326 g/mol. The molecule has 2 heterocycles. The second-order valence-corrected chi connectivity index (χ2v) is 5.37. The highest BCUT2D eigenvalue weighted by atomic mass is 16.6. The first-order valence-electron chi connectivity index (χ1n) is 7.49. The van der Waals surface area contributed by atoms with Gasteiger partial charge in [-0.3, -0.25) is 14.9 Å². The fourth-order valence-corrected chi connectivity index (χ4v) is 2.47. The number of anilines is 1. The second-order valence-electron chi connectivity index (χ2n) is 5.37. The number of ether oxygens (including phenoxy) is 2. The predicted molar refractivity (Wildman–Crippen MR) is 90.2 cm³/mol. The first-order chi connectivity index (χ1) is 12.0. The highest BCUT2D eigenvalue weighted by Gasteiger charge is 2.23. The maximum atomic E-state index is 11.9. The number of aryl methyl sites for hydroxylation is 1. The molecule has 3 rings (SSSR count). The Bertz CT molecular complexity index is 865. The summed E-state index contributed by atoms with van der Waals surface area (Å²) in [5.41, 5.74) is 1.03. The lowest BCUT2D eigenvalue weighted by Crippen LogP contribution is -2.36. The lowest BCUT2D eigenvalue weighted by atomic mass is 10.2. The maximum absolute atomic E-state index is 11.9. The Morgan fingerprint density at radius 3 is 3.00 bits per heavy atom. The third-order valence-electron chi connectivity index (χ3n) is 3.62. The van der Waals surface area contributed by atoms with E-state index in [9.17, 15) is 14.9 Å². The van der Waals surface area contributed by atoms with Crippen molar-refractivity contribution in [3.05, 3.63) is 58.8 Å². The maximum Gasteiger partial charge on any atom is 0.331 e. The van der Waals surface area contributed by atoms with Crippen LogP contribution in [0.15, 0.2) is 43.1 Å². The van der Waals surface area contributed by atoms with E-state index in [1.807, 2.05) is 0 Å². The fourth-order valence-electron chi connectivity index (χ4n) is 2.47. The number of rotatable bonds is 4. The molecule has 0 spiro atoms. The number of fused-ring (bicyclic) bond motifs is 1. The zero-order valence-corrected chi connectivity index (χ0v) is 13.5. The number of nitro groups is 1. The molecule has 0 atom stereocenters. The normalized spacial score (nSPS) is 12.8. The first kappa shape index (κ1) is 16.4. The lowest BCUT2D eigenvalue weighted by molar-refractivity contribution is -0.386. The average molecular weight is 341 g/mol. The number of hydrogen-bond donors (Lipinski definition) is 0. The van der Waals surface area contributed by atoms with Crippen LogP contribution in [-0.2, 0) is 4.79 Å². The number of amides is 1. The van der Waals surface area contributed by atoms with E-state index in [4.69, 9.17) is 9.47 Å². The Morgan fingerprint density at radius 2 is 2.28 bits per heavy atom. The summed E-state index contributed by atoms with van der Waals surface area (Å²) < 4.78 is 11.1. The molecule has 1 amide bonds. The predicted octanol–water partition coefficient (Wildman–Crippen LogP) is 3.00. The Kier molecular flexibility index (Phi) is 4.34. The minimum Gasteiger partial charge on any atom is -0.489 e. The summed E-state index contributed by atoms with van der Waals surface area (Å²) in [6.07, 6.45) is 2.72. The van der Waals surface area contributed by atoms with Crippen molar-refractivity contribution in [1.29, 1.82) is 0 Å². The first-order valence-corrected chi connectivity index (χ1v) is 7.49. The molecule has 128 valence electrons. The van der Waals surface area contributed by atoms with Gasteiger partial charge in [-0.1, -0.05) is 6.58 Å². The summed E-state index contributed by atoms with van der Waals surface area (Å²) >= 11 is 0. The molecule has 25 heavy (non-hydrogen) atoms. The molecular formula is C17H15N3O5. The van der Waals surface area contributed by atoms with Gasteiger partial charge in [-0.2, -0.15) is 0 Å². The van der Waals surface area contributed by atoms with Crippen LogP contribution >= 0.6 is 0 Å². The van der Waals surface area contributed by atoms with Gasteiger partial charge in [0.05, 0.1) is 17.2 Å². The van der Waals surface area contributed by atoms with E-state index in [2.05, 4.69) is 11.6 Å². The van der Waals surface area contributed by atoms with Gasteiger partial charge in [-0.05, 0) is 30.7 Å². The van der Waals surface area contributed by atoms with Crippen LogP contribution in [-0.4, -0.2) is 29.0 Å². The molecule has 0 saturated carbocycles. The van der Waals surface area contributed by atoms with Gasteiger partial charge in [0.15, 0.2) is 0 Å². The van der Waals surface area contributed by atoms with E-state index in [1.54, 1.807) is 30.0 Å². The molecule has 1 aliphatic heterocycles. The molecule has 0 unspecified atom stereocenters. The van der Waals surface area contributed by atoms with Crippen molar-refractivity contribution in [2.45, 2.75) is 6.92 Å². The number of hydrogen-bond acceptors (Lipinski definition) is 6. The van der Waals surface area contributed by atoms with Crippen LogP contribution in [0.3, 0.4) is 0 Å². The van der Waals surface area contributed by atoms with Gasteiger partial charge in [0, 0.05) is 18.3 Å². The molecule has 1 aromatic carbocycles. The highest BCUT2D eigenvalue weighted by Crippen LogP contribution is 2.37. The van der Waals surface area contributed by atoms with E-state index >= 15 is 0 Å². The van der Waals surface area contributed by atoms with Crippen LogP contribution in [0.4, 0.5) is 11.4 Å². The summed E-state index contributed by atoms with van der Waals surface area (Å²) in [6.45, 7) is 5.95. The van der Waals surface area contributed by atoms with Gasteiger partial charge < -0.3 is 14.4 Å². The topological polar surface area (TPSA) is 94.8 Å². The van der Waals surface area contributed by atoms with Crippen LogP contribution in [0.25, 0.3) is 0 Å². The zero-order valence-electron chi connectivity index (χ0n) is 13.5. The summed E-state index contributed by atoms with van der Waals surface area (Å²) in [7, 11) is 0. The summed E-state index contributed by atoms with van der Waals surface area (Å²) in [4.78, 5) is 28.0. The van der Waals surface area contributed by atoms with E-state index in [-0.39, 0.29) is 17.5 Å². The Morgan fingerprint density at radius 1 is 1.48 bits per heavy atom. The summed E-state index contributed by atoms with van der Waals surface area (Å²) in [5, 5.41) is 11.2. The Balaban J connectivity index is 1.92. The fraction of sp³-hybridized carbons (Fsp3) is 0.176. The minimum absolute atomic E-state index is 0.106. The molecule has 0 bridgehead atoms. The number of aromatic nitrogens is 1. The van der Waals surface area contributed by atoms with E-state index in [0.717, 1.165) is 0 Å². The van der Waals surface area contributed by atoms with Crippen LogP contribution in [0.5, 0.6) is 17.4 Å². The minimum atomic E-state index is -0.547. The number of carbonyl (C=O) groups excluding carboxylic acids is 1. The van der Waals surface area contributed by atoms with Gasteiger partial charge in [-0.15, -0.1) is 0 Å². The smallest absolute Gasteiger partial charge is 0.331 e. The molecule has 0 N–H and O–H groups in total. The molecule has 2 aromatic rings. The number of benzene rings is 1. The van der Waals surface area contributed by atoms with Crippen molar-refractivity contribution in [3.8, 4) is 17.4 Å².